The molecule has 0 saturated carbocycles. The highest BCUT2D eigenvalue weighted by molar-refractivity contribution is 5.92. The molecule has 2 heterocycles. The molecule has 7 nitrogen and oxygen atoms in total. The van der Waals surface area contributed by atoms with Gasteiger partial charge in [0.25, 0.3) is 0 Å². The van der Waals surface area contributed by atoms with Crippen LogP contribution in [0.25, 0.3) is 0 Å². The lowest BCUT2D eigenvalue weighted by atomic mass is 10.1. The van der Waals surface area contributed by atoms with E-state index >= 15 is 0 Å². The fourth-order valence-corrected chi connectivity index (χ4v) is 2.38. The minimum Gasteiger partial charge on any atom is -0.490 e. The molecular weight excluding hydrogens is 298 g/mol. The maximum atomic E-state index is 12.3. The standard InChI is InChI=1S/C16H21N3O4/c1-3-15(21)19-8-9-22-11-12(19)10-14(20)18-16-13(23-4-2)6-5-7-17-16/h3,5-7,12H,1,4,8-11H2,2H3,(H,17,18,20). The first-order valence-electron chi connectivity index (χ1n) is 7.54. The summed E-state index contributed by atoms with van der Waals surface area (Å²) in [5, 5.41) is 2.73. The molecule has 124 valence electrons. The number of nitrogens with one attached hydrogen (secondary N) is 1. The molecule has 1 aromatic heterocycles. The zero-order valence-electron chi connectivity index (χ0n) is 13.2. The maximum absolute atomic E-state index is 12.3. The fraction of sp³-hybridized carbons (Fsp3) is 0.438. The lowest BCUT2D eigenvalue weighted by Gasteiger charge is -2.34. The number of pyridine rings is 1. The quantitative estimate of drug-likeness (QED) is 0.798. The van der Waals surface area contributed by atoms with Crippen molar-refractivity contribution in [3.63, 3.8) is 0 Å². The Labute approximate surface area is 135 Å². The third-order valence-corrected chi connectivity index (χ3v) is 3.43. The Bertz CT molecular complexity index is 576. The van der Waals surface area contributed by atoms with Gasteiger partial charge < -0.3 is 19.7 Å². The predicted octanol–water partition coefficient (Wildman–Crippen LogP) is 1.22. The third kappa shape index (κ3) is 4.53. The number of aromatic nitrogens is 1. The maximum Gasteiger partial charge on any atom is 0.246 e. The van der Waals surface area contributed by atoms with Crippen LogP contribution in [0.4, 0.5) is 5.82 Å². The number of rotatable bonds is 6. The lowest BCUT2D eigenvalue weighted by molar-refractivity contribution is -0.136. The van der Waals surface area contributed by atoms with Gasteiger partial charge in [-0.3, -0.25) is 9.59 Å². The second-order valence-corrected chi connectivity index (χ2v) is 5.00. The first-order chi connectivity index (χ1) is 11.2. The van der Waals surface area contributed by atoms with Crippen molar-refractivity contribution in [2.75, 3.05) is 31.7 Å². The number of anilines is 1. The number of carbonyl (C=O) groups excluding carboxylic acids is 2. The first-order valence-corrected chi connectivity index (χ1v) is 7.54. The van der Waals surface area contributed by atoms with Gasteiger partial charge in [0.1, 0.15) is 0 Å². The SMILES string of the molecule is C=CC(=O)N1CCOCC1CC(=O)Nc1ncccc1OCC. The molecule has 0 radical (unpaired) electrons. The van der Waals surface area contributed by atoms with Crippen LogP contribution in [-0.4, -0.2) is 54.1 Å². The molecule has 1 aliphatic heterocycles. The molecule has 1 fully saturated rings. The molecular formula is C16H21N3O4. The monoisotopic (exact) mass is 319 g/mol. The second kappa shape index (κ2) is 8.28. The Kier molecular flexibility index (Phi) is 6.10. The van der Waals surface area contributed by atoms with Crippen LogP contribution in [0.5, 0.6) is 5.75 Å². The van der Waals surface area contributed by atoms with Gasteiger partial charge in [0, 0.05) is 19.2 Å². The van der Waals surface area contributed by atoms with Crippen molar-refractivity contribution >= 4 is 17.6 Å². The molecule has 1 saturated heterocycles. The first kappa shape index (κ1) is 17.0. The van der Waals surface area contributed by atoms with Crippen LogP contribution in [-0.2, 0) is 14.3 Å². The molecule has 7 heteroatoms. The third-order valence-electron chi connectivity index (χ3n) is 3.43. The second-order valence-electron chi connectivity index (χ2n) is 5.00. The average Bonchev–Trinajstić information content (AvgIpc) is 2.56. The highest BCUT2D eigenvalue weighted by Crippen LogP contribution is 2.21. The molecule has 2 amide bonds. The van der Waals surface area contributed by atoms with Gasteiger partial charge in [0.05, 0.1) is 25.9 Å². The summed E-state index contributed by atoms with van der Waals surface area (Å²) in [7, 11) is 0. The van der Waals surface area contributed by atoms with E-state index < -0.39 is 0 Å². The Morgan fingerprint density at radius 2 is 2.43 bits per heavy atom. The largest absolute Gasteiger partial charge is 0.490 e. The summed E-state index contributed by atoms with van der Waals surface area (Å²) in [6.07, 6.45) is 2.96. The number of carbonyl (C=O) groups is 2. The summed E-state index contributed by atoms with van der Waals surface area (Å²) < 4.78 is 10.8. The number of hydrogen-bond acceptors (Lipinski definition) is 5. The van der Waals surface area contributed by atoms with E-state index in [0.29, 0.717) is 37.9 Å². The van der Waals surface area contributed by atoms with Crippen molar-refractivity contribution < 1.29 is 19.1 Å². The molecule has 0 spiro atoms. The molecule has 1 unspecified atom stereocenters. The normalized spacial score (nSPS) is 17.4. The summed E-state index contributed by atoms with van der Waals surface area (Å²) in [4.78, 5) is 29.8. The van der Waals surface area contributed by atoms with Crippen LogP contribution < -0.4 is 10.1 Å². The summed E-state index contributed by atoms with van der Waals surface area (Å²) >= 11 is 0. The number of amides is 2. The summed E-state index contributed by atoms with van der Waals surface area (Å²) in [6.45, 7) is 7.07. The Morgan fingerprint density at radius 1 is 1.61 bits per heavy atom. The molecule has 1 atom stereocenters. The predicted molar refractivity (Wildman–Crippen MR) is 85.2 cm³/mol. The van der Waals surface area contributed by atoms with Gasteiger partial charge in [-0.15, -0.1) is 0 Å². The molecule has 1 N–H and O–H groups in total. The molecule has 0 aromatic carbocycles. The van der Waals surface area contributed by atoms with Crippen molar-refractivity contribution in [1.82, 2.24) is 9.88 Å². The van der Waals surface area contributed by atoms with E-state index in [4.69, 9.17) is 9.47 Å². The summed E-state index contributed by atoms with van der Waals surface area (Å²) in [6, 6.07) is 3.16. The van der Waals surface area contributed by atoms with Gasteiger partial charge in [-0.2, -0.15) is 0 Å². The molecule has 1 aromatic rings. The Hall–Kier alpha value is -2.41. The van der Waals surface area contributed by atoms with E-state index in [2.05, 4.69) is 16.9 Å². The van der Waals surface area contributed by atoms with E-state index in [1.54, 1.807) is 23.2 Å². The van der Waals surface area contributed by atoms with Crippen LogP contribution in [0.3, 0.4) is 0 Å². The lowest BCUT2D eigenvalue weighted by Crippen LogP contribution is -2.49. The van der Waals surface area contributed by atoms with Crippen LogP contribution in [0.2, 0.25) is 0 Å². The van der Waals surface area contributed by atoms with Crippen LogP contribution >= 0.6 is 0 Å². The van der Waals surface area contributed by atoms with Crippen molar-refractivity contribution in [2.45, 2.75) is 19.4 Å². The summed E-state index contributed by atoms with van der Waals surface area (Å²) in [5.41, 5.74) is 0. The fourth-order valence-electron chi connectivity index (χ4n) is 2.38. The Morgan fingerprint density at radius 3 is 3.17 bits per heavy atom. The average molecular weight is 319 g/mol. The van der Waals surface area contributed by atoms with E-state index in [1.165, 1.54) is 6.08 Å². The van der Waals surface area contributed by atoms with Crippen LogP contribution in [0.15, 0.2) is 31.0 Å². The minimum absolute atomic E-state index is 0.127. The highest BCUT2D eigenvalue weighted by Gasteiger charge is 2.28. The van der Waals surface area contributed by atoms with Gasteiger partial charge in [0.2, 0.25) is 11.8 Å². The number of ether oxygens (including phenoxy) is 2. The van der Waals surface area contributed by atoms with Crippen molar-refractivity contribution in [1.29, 1.82) is 0 Å². The smallest absolute Gasteiger partial charge is 0.246 e. The highest BCUT2D eigenvalue weighted by atomic mass is 16.5. The van der Waals surface area contributed by atoms with Crippen LogP contribution in [0, 0.1) is 0 Å². The molecule has 23 heavy (non-hydrogen) atoms. The summed E-state index contributed by atoms with van der Waals surface area (Å²) in [5.74, 6) is 0.445. The van der Waals surface area contributed by atoms with Crippen molar-refractivity contribution in [2.24, 2.45) is 0 Å². The number of nitrogens with zero attached hydrogens (tertiary/aromatic N) is 2. The van der Waals surface area contributed by atoms with Crippen molar-refractivity contribution in [3.05, 3.63) is 31.0 Å². The van der Waals surface area contributed by atoms with E-state index in [1.807, 2.05) is 6.92 Å². The van der Waals surface area contributed by atoms with E-state index in [-0.39, 0.29) is 24.3 Å². The Balaban J connectivity index is 2.01. The number of hydrogen-bond donors (Lipinski definition) is 1. The minimum atomic E-state index is -0.312. The molecule has 0 bridgehead atoms. The molecule has 0 aliphatic carbocycles. The van der Waals surface area contributed by atoms with Crippen molar-refractivity contribution in [3.8, 4) is 5.75 Å². The van der Waals surface area contributed by atoms with Gasteiger partial charge in [0.15, 0.2) is 11.6 Å². The van der Waals surface area contributed by atoms with E-state index in [0.717, 1.165) is 0 Å². The van der Waals surface area contributed by atoms with Gasteiger partial charge >= 0.3 is 0 Å². The van der Waals surface area contributed by atoms with Gasteiger partial charge in [-0.05, 0) is 25.1 Å². The van der Waals surface area contributed by atoms with Crippen LogP contribution in [0.1, 0.15) is 13.3 Å². The topological polar surface area (TPSA) is 80.8 Å². The number of morpholine rings is 1. The molecule has 1 aliphatic rings. The zero-order chi connectivity index (χ0) is 16.7. The van der Waals surface area contributed by atoms with Gasteiger partial charge in [-0.25, -0.2) is 4.98 Å². The van der Waals surface area contributed by atoms with Gasteiger partial charge in [-0.1, -0.05) is 6.58 Å². The van der Waals surface area contributed by atoms with E-state index in [9.17, 15) is 9.59 Å². The molecule has 2 rings (SSSR count). The zero-order valence-corrected chi connectivity index (χ0v) is 13.2.